The normalized spacial score (nSPS) is 11.9. The molecule has 8 aromatic rings. The molecular formula is C33H20N2O. The van der Waals surface area contributed by atoms with E-state index in [4.69, 9.17) is 9.40 Å². The molecule has 36 heavy (non-hydrogen) atoms. The van der Waals surface area contributed by atoms with Crippen LogP contribution < -0.4 is 0 Å². The van der Waals surface area contributed by atoms with E-state index in [9.17, 15) is 0 Å². The molecule has 0 saturated carbocycles. The summed E-state index contributed by atoms with van der Waals surface area (Å²) in [6, 6.07) is 40.5. The van der Waals surface area contributed by atoms with E-state index < -0.39 is 0 Å². The predicted octanol–water partition coefficient (Wildman–Crippen LogP) is 8.90. The molecule has 0 aliphatic carbocycles. The maximum absolute atomic E-state index is 6.50. The number of benzene rings is 6. The second-order valence-corrected chi connectivity index (χ2v) is 9.27. The van der Waals surface area contributed by atoms with Crippen LogP contribution in [0.5, 0.6) is 0 Å². The van der Waals surface area contributed by atoms with Gasteiger partial charge >= 0.3 is 0 Å². The summed E-state index contributed by atoms with van der Waals surface area (Å²) in [4.78, 5) is 4.93. The Morgan fingerprint density at radius 3 is 2.31 bits per heavy atom. The third-order valence-corrected chi connectivity index (χ3v) is 7.25. The zero-order valence-electron chi connectivity index (χ0n) is 19.3. The van der Waals surface area contributed by atoms with Crippen molar-refractivity contribution >= 4 is 54.5 Å². The first-order chi connectivity index (χ1) is 17.8. The van der Waals surface area contributed by atoms with Gasteiger partial charge in [0.25, 0.3) is 0 Å². The third kappa shape index (κ3) is 2.71. The molecule has 2 heterocycles. The van der Waals surface area contributed by atoms with Crippen LogP contribution in [0.1, 0.15) is 0 Å². The number of fused-ring (bicyclic) bond motifs is 8. The molecule has 2 aromatic heterocycles. The van der Waals surface area contributed by atoms with E-state index >= 15 is 0 Å². The number of aromatic nitrogens is 2. The maximum atomic E-state index is 6.50. The number of hydrogen-bond acceptors (Lipinski definition) is 2. The van der Waals surface area contributed by atoms with Crippen molar-refractivity contribution in [3.05, 3.63) is 122 Å². The van der Waals surface area contributed by atoms with Crippen molar-refractivity contribution in [1.29, 1.82) is 0 Å². The fraction of sp³-hybridized carbons (Fsp3) is 0. The van der Waals surface area contributed by atoms with Crippen molar-refractivity contribution in [3.63, 3.8) is 0 Å². The molecule has 0 amide bonds. The first-order valence-electron chi connectivity index (χ1n) is 12.1. The summed E-state index contributed by atoms with van der Waals surface area (Å²) in [6.07, 6.45) is 1.92. The summed E-state index contributed by atoms with van der Waals surface area (Å²) in [5.74, 6) is 0. The molecule has 0 spiro atoms. The van der Waals surface area contributed by atoms with Crippen LogP contribution in [-0.2, 0) is 0 Å². The molecule has 0 N–H and O–H groups in total. The van der Waals surface area contributed by atoms with Gasteiger partial charge in [-0.25, -0.2) is 4.98 Å². The van der Waals surface area contributed by atoms with Gasteiger partial charge in [-0.15, -0.1) is 0 Å². The van der Waals surface area contributed by atoms with Crippen LogP contribution in [0.25, 0.3) is 71.3 Å². The minimum Gasteiger partial charge on any atom is -0.455 e. The number of furan rings is 1. The fourth-order valence-electron chi connectivity index (χ4n) is 5.54. The van der Waals surface area contributed by atoms with Gasteiger partial charge in [0.2, 0.25) is 0 Å². The van der Waals surface area contributed by atoms with Gasteiger partial charge in [-0.2, -0.15) is 0 Å². The molecule has 0 atom stereocenters. The topological polar surface area (TPSA) is 31.0 Å². The van der Waals surface area contributed by atoms with Gasteiger partial charge in [-0.1, -0.05) is 78.9 Å². The lowest BCUT2D eigenvalue weighted by atomic mass is 9.94. The van der Waals surface area contributed by atoms with Gasteiger partial charge in [0.15, 0.2) is 0 Å². The average molecular weight is 461 g/mol. The second kappa shape index (κ2) is 7.30. The molecule has 0 fully saturated rings. The predicted molar refractivity (Wildman–Crippen MR) is 149 cm³/mol. The van der Waals surface area contributed by atoms with Crippen LogP contribution in [0.15, 0.2) is 126 Å². The van der Waals surface area contributed by atoms with Gasteiger partial charge in [-0.3, -0.25) is 4.57 Å². The molecular weight excluding hydrogens is 440 g/mol. The summed E-state index contributed by atoms with van der Waals surface area (Å²) in [7, 11) is 0. The van der Waals surface area contributed by atoms with Crippen LogP contribution in [-0.4, -0.2) is 9.55 Å². The summed E-state index contributed by atoms with van der Waals surface area (Å²) in [5.41, 5.74) is 7.22. The second-order valence-electron chi connectivity index (χ2n) is 9.27. The Morgan fingerprint density at radius 1 is 0.611 bits per heavy atom. The molecule has 0 saturated heterocycles. The van der Waals surface area contributed by atoms with Crippen molar-refractivity contribution < 1.29 is 4.42 Å². The van der Waals surface area contributed by atoms with Crippen molar-refractivity contribution in [2.75, 3.05) is 0 Å². The average Bonchev–Trinajstić information content (AvgIpc) is 3.54. The number of hydrogen-bond donors (Lipinski definition) is 0. The minimum absolute atomic E-state index is 0.889. The minimum atomic E-state index is 0.889. The molecule has 6 aromatic carbocycles. The lowest BCUT2D eigenvalue weighted by molar-refractivity contribution is 0.673. The number of rotatable bonds is 2. The molecule has 0 radical (unpaired) electrons. The van der Waals surface area contributed by atoms with Crippen molar-refractivity contribution in [2.24, 2.45) is 0 Å². The Morgan fingerprint density at radius 2 is 1.39 bits per heavy atom. The van der Waals surface area contributed by atoms with Gasteiger partial charge in [0.1, 0.15) is 23.0 Å². The Hall–Kier alpha value is -4.89. The van der Waals surface area contributed by atoms with E-state index in [2.05, 4.69) is 102 Å². The first-order valence-corrected chi connectivity index (χ1v) is 12.1. The fourth-order valence-corrected chi connectivity index (χ4v) is 5.54. The van der Waals surface area contributed by atoms with E-state index in [1.165, 1.54) is 21.9 Å². The van der Waals surface area contributed by atoms with Gasteiger partial charge in [-0.05, 0) is 63.7 Å². The SMILES string of the molecule is c1ccc(-n2cnc3c4c(ccc5c6ccccc6oc54)c(-c4ccc5ccccc5c4)cc32)cc1. The zero-order chi connectivity index (χ0) is 23.6. The largest absolute Gasteiger partial charge is 0.455 e. The van der Waals surface area contributed by atoms with E-state index in [-0.39, 0.29) is 0 Å². The quantitative estimate of drug-likeness (QED) is 0.258. The van der Waals surface area contributed by atoms with E-state index in [0.29, 0.717) is 0 Å². The van der Waals surface area contributed by atoms with Crippen LogP contribution in [0.2, 0.25) is 0 Å². The maximum Gasteiger partial charge on any atom is 0.145 e. The number of imidazole rings is 1. The monoisotopic (exact) mass is 460 g/mol. The standard InChI is InChI=1S/C33H20N2O/c1-2-10-24(11-3-1)35-20-34-32-29(35)19-28(23-15-14-21-8-4-5-9-22(21)18-23)26-16-17-27-25-12-6-7-13-30(25)36-33(27)31(26)32/h1-20H. The molecule has 8 rings (SSSR count). The Balaban J connectivity index is 1.55. The molecule has 0 aliphatic rings. The Labute approximate surface area is 206 Å². The lowest BCUT2D eigenvalue weighted by Crippen LogP contribution is -1.92. The Kier molecular flexibility index (Phi) is 3.94. The Bertz CT molecular complexity index is 2100. The number of nitrogens with zero attached hydrogens (tertiary/aromatic N) is 2. The summed E-state index contributed by atoms with van der Waals surface area (Å²) in [5, 5.41) is 6.90. The third-order valence-electron chi connectivity index (χ3n) is 7.25. The first kappa shape index (κ1) is 19.4. The lowest BCUT2D eigenvalue weighted by Gasteiger charge is -2.12. The van der Waals surface area contributed by atoms with E-state index in [0.717, 1.165) is 49.4 Å². The van der Waals surface area contributed by atoms with Crippen LogP contribution in [0.4, 0.5) is 0 Å². The molecule has 0 aliphatic heterocycles. The van der Waals surface area contributed by atoms with Crippen molar-refractivity contribution in [2.45, 2.75) is 0 Å². The van der Waals surface area contributed by atoms with E-state index in [1.807, 2.05) is 24.5 Å². The van der Waals surface area contributed by atoms with Crippen molar-refractivity contribution in [1.82, 2.24) is 9.55 Å². The summed E-state index contributed by atoms with van der Waals surface area (Å²) >= 11 is 0. The highest BCUT2D eigenvalue weighted by molar-refractivity contribution is 6.25. The molecule has 3 nitrogen and oxygen atoms in total. The molecule has 0 bridgehead atoms. The van der Waals surface area contributed by atoms with Crippen LogP contribution in [0, 0.1) is 0 Å². The highest BCUT2D eigenvalue weighted by atomic mass is 16.3. The van der Waals surface area contributed by atoms with Crippen LogP contribution in [0.3, 0.4) is 0 Å². The molecule has 0 unspecified atom stereocenters. The van der Waals surface area contributed by atoms with Gasteiger partial charge < -0.3 is 4.42 Å². The molecule has 168 valence electrons. The smallest absolute Gasteiger partial charge is 0.145 e. The van der Waals surface area contributed by atoms with E-state index in [1.54, 1.807) is 0 Å². The number of para-hydroxylation sites is 2. The highest BCUT2D eigenvalue weighted by Gasteiger charge is 2.19. The van der Waals surface area contributed by atoms with Gasteiger partial charge in [0.05, 0.1) is 10.9 Å². The van der Waals surface area contributed by atoms with Crippen LogP contribution >= 0.6 is 0 Å². The zero-order valence-corrected chi connectivity index (χ0v) is 19.3. The molecule has 3 heteroatoms. The van der Waals surface area contributed by atoms with Crippen molar-refractivity contribution in [3.8, 4) is 16.8 Å². The summed E-state index contributed by atoms with van der Waals surface area (Å²) in [6.45, 7) is 0. The highest BCUT2D eigenvalue weighted by Crippen LogP contribution is 2.42. The summed E-state index contributed by atoms with van der Waals surface area (Å²) < 4.78 is 8.67. The van der Waals surface area contributed by atoms with Gasteiger partial charge in [0, 0.05) is 16.5 Å².